The van der Waals surface area contributed by atoms with Crippen molar-refractivity contribution in [3.05, 3.63) is 29.8 Å². The van der Waals surface area contributed by atoms with Crippen molar-refractivity contribution in [2.75, 3.05) is 13.7 Å². The molecule has 1 saturated heterocycles. The minimum absolute atomic E-state index is 0.0493. The molecule has 1 aromatic carbocycles. The molecule has 11 heteroatoms. The molecule has 1 amide bonds. The van der Waals surface area contributed by atoms with Gasteiger partial charge in [-0.2, -0.15) is 8.42 Å². The molecular formula is C19H29NO9S. The van der Waals surface area contributed by atoms with Gasteiger partial charge < -0.3 is 29.7 Å². The molecule has 0 saturated carbocycles. The van der Waals surface area contributed by atoms with Crippen molar-refractivity contribution >= 4 is 16.2 Å². The van der Waals surface area contributed by atoms with Crippen molar-refractivity contribution in [2.45, 2.75) is 68.8 Å². The van der Waals surface area contributed by atoms with Gasteiger partial charge in [-0.3, -0.25) is 4.18 Å². The molecule has 170 valence electrons. The van der Waals surface area contributed by atoms with Crippen molar-refractivity contribution < 1.29 is 41.8 Å². The van der Waals surface area contributed by atoms with E-state index in [9.17, 15) is 23.4 Å². The van der Waals surface area contributed by atoms with Crippen LogP contribution in [-0.4, -0.2) is 74.7 Å². The maximum Gasteiger partial charge on any atom is 0.408 e. The van der Waals surface area contributed by atoms with Crippen LogP contribution in [0.5, 0.6) is 0 Å². The van der Waals surface area contributed by atoms with Crippen LogP contribution in [0.25, 0.3) is 0 Å². The van der Waals surface area contributed by atoms with E-state index in [4.69, 9.17) is 18.4 Å². The SMILES string of the molecule is CO[C@H]1O[C@H](COS(=O)(=O)c2ccc(C)cc2)[C@@H](O)[C@H](O)[C@H]1NC(=O)OC(C)(C)C. The molecule has 30 heavy (non-hydrogen) atoms. The van der Waals surface area contributed by atoms with Crippen LogP contribution in [0.3, 0.4) is 0 Å². The molecule has 0 spiro atoms. The number of methoxy groups -OCH3 is 1. The van der Waals surface area contributed by atoms with Gasteiger partial charge in [-0.25, -0.2) is 4.79 Å². The van der Waals surface area contributed by atoms with Gasteiger partial charge in [-0.15, -0.1) is 0 Å². The van der Waals surface area contributed by atoms with Gasteiger partial charge >= 0.3 is 6.09 Å². The smallest absolute Gasteiger partial charge is 0.408 e. The number of benzene rings is 1. The number of carbonyl (C=O) groups is 1. The normalized spacial score (nSPS) is 27.5. The number of hydrogen-bond acceptors (Lipinski definition) is 9. The van der Waals surface area contributed by atoms with Crippen LogP contribution in [-0.2, 0) is 28.5 Å². The number of rotatable bonds is 6. The third-order valence-corrected chi connectivity index (χ3v) is 5.61. The lowest BCUT2D eigenvalue weighted by molar-refractivity contribution is -0.260. The Hall–Kier alpha value is -1.76. The quantitative estimate of drug-likeness (QED) is 0.537. The lowest BCUT2D eigenvalue weighted by atomic mass is 9.97. The van der Waals surface area contributed by atoms with E-state index >= 15 is 0 Å². The zero-order valence-corrected chi connectivity index (χ0v) is 18.4. The first-order valence-corrected chi connectivity index (χ1v) is 10.7. The molecule has 1 heterocycles. The summed E-state index contributed by atoms with van der Waals surface area (Å²) in [6.45, 7) is 6.27. The summed E-state index contributed by atoms with van der Waals surface area (Å²) in [4.78, 5) is 12.0. The summed E-state index contributed by atoms with van der Waals surface area (Å²) >= 11 is 0. The monoisotopic (exact) mass is 447 g/mol. The molecule has 0 aromatic heterocycles. The van der Waals surface area contributed by atoms with Gasteiger partial charge in [0, 0.05) is 7.11 Å². The molecule has 0 radical (unpaired) electrons. The van der Waals surface area contributed by atoms with E-state index in [0.717, 1.165) is 5.56 Å². The minimum Gasteiger partial charge on any atom is -0.444 e. The van der Waals surface area contributed by atoms with E-state index in [1.807, 2.05) is 6.92 Å². The Balaban J connectivity index is 2.05. The van der Waals surface area contributed by atoms with E-state index in [-0.39, 0.29) is 4.90 Å². The van der Waals surface area contributed by atoms with Crippen LogP contribution in [0.15, 0.2) is 29.2 Å². The van der Waals surface area contributed by atoms with Gasteiger partial charge in [-0.1, -0.05) is 17.7 Å². The average molecular weight is 448 g/mol. The molecule has 1 aliphatic heterocycles. The molecular weight excluding hydrogens is 418 g/mol. The van der Waals surface area contributed by atoms with Gasteiger partial charge in [0.25, 0.3) is 10.1 Å². The Labute approximate surface area is 176 Å². The summed E-state index contributed by atoms with van der Waals surface area (Å²) in [5.74, 6) is 0. The maximum absolute atomic E-state index is 12.3. The number of carbonyl (C=O) groups excluding carboxylic acids is 1. The van der Waals surface area contributed by atoms with Gasteiger partial charge in [0.1, 0.15) is 30.0 Å². The largest absolute Gasteiger partial charge is 0.444 e. The van der Waals surface area contributed by atoms with Gasteiger partial charge in [-0.05, 0) is 39.8 Å². The Kier molecular flexibility index (Phi) is 7.83. The average Bonchev–Trinajstić information content (AvgIpc) is 2.64. The van der Waals surface area contributed by atoms with Crippen LogP contribution in [0.1, 0.15) is 26.3 Å². The van der Waals surface area contributed by atoms with Crippen molar-refractivity contribution in [1.29, 1.82) is 0 Å². The third-order valence-electron chi connectivity index (χ3n) is 4.31. The second kappa shape index (κ2) is 9.58. The summed E-state index contributed by atoms with van der Waals surface area (Å²) < 4.78 is 45.5. The standard InChI is InChI=1S/C19H29NO9S/c1-11-6-8-12(9-7-11)30(24,25)27-10-13-15(21)16(22)14(17(26-5)28-13)20-18(23)29-19(2,3)4/h6-9,13-17,21-22H,10H2,1-5H3,(H,20,23)/t13-,14-,15-,16-,17+/m1/s1. The molecule has 0 bridgehead atoms. The zero-order chi connectivity index (χ0) is 22.7. The summed E-state index contributed by atoms with van der Waals surface area (Å²) in [6.07, 6.45) is -6.30. The van der Waals surface area contributed by atoms with Gasteiger partial charge in [0.2, 0.25) is 0 Å². The molecule has 0 aliphatic carbocycles. The second-order valence-corrected chi connectivity index (χ2v) is 9.60. The molecule has 1 aliphatic rings. The highest BCUT2D eigenvalue weighted by Gasteiger charge is 2.46. The number of ether oxygens (including phenoxy) is 3. The fraction of sp³-hybridized carbons (Fsp3) is 0.632. The number of aliphatic hydroxyl groups excluding tert-OH is 2. The zero-order valence-electron chi connectivity index (χ0n) is 17.6. The predicted molar refractivity (Wildman–Crippen MR) is 105 cm³/mol. The predicted octanol–water partition coefficient (Wildman–Crippen LogP) is 0.687. The lowest BCUT2D eigenvalue weighted by Crippen LogP contribution is -2.65. The summed E-state index contributed by atoms with van der Waals surface area (Å²) in [5, 5.41) is 23.2. The molecule has 0 unspecified atom stereocenters. The highest BCUT2D eigenvalue weighted by atomic mass is 32.2. The second-order valence-electron chi connectivity index (χ2n) is 7.98. The summed E-state index contributed by atoms with van der Waals surface area (Å²) in [6, 6.07) is 4.90. The van der Waals surface area contributed by atoms with Crippen molar-refractivity contribution in [3.63, 3.8) is 0 Å². The molecule has 3 N–H and O–H groups in total. The first-order valence-electron chi connectivity index (χ1n) is 9.34. The highest BCUT2D eigenvalue weighted by molar-refractivity contribution is 7.86. The third kappa shape index (κ3) is 6.37. The molecule has 5 atom stereocenters. The topological polar surface area (TPSA) is 141 Å². The number of amides is 1. The van der Waals surface area contributed by atoms with E-state index in [0.29, 0.717) is 0 Å². The van der Waals surface area contributed by atoms with Crippen molar-refractivity contribution in [3.8, 4) is 0 Å². The van der Waals surface area contributed by atoms with Gasteiger partial charge in [0.15, 0.2) is 6.29 Å². The Morgan fingerprint density at radius 3 is 2.30 bits per heavy atom. The van der Waals surface area contributed by atoms with E-state index in [1.54, 1.807) is 32.9 Å². The van der Waals surface area contributed by atoms with Crippen molar-refractivity contribution in [2.24, 2.45) is 0 Å². The Morgan fingerprint density at radius 2 is 1.77 bits per heavy atom. The number of aliphatic hydroxyl groups is 2. The van der Waals surface area contributed by atoms with Gasteiger partial charge in [0.05, 0.1) is 11.5 Å². The van der Waals surface area contributed by atoms with Crippen LogP contribution in [0.2, 0.25) is 0 Å². The van der Waals surface area contributed by atoms with E-state index in [2.05, 4.69) is 5.32 Å². The number of nitrogens with one attached hydrogen (secondary N) is 1. The van der Waals surface area contributed by atoms with Crippen LogP contribution in [0.4, 0.5) is 4.79 Å². The Bertz CT molecular complexity index is 817. The molecule has 2 rings (SSSR count). The molecule has 1 fully saturated rings. The summed E-state index contributed by atoms with van der Waals surface area (Å²) in [7, 11) is -2.82. The van der Waals surface area contributed by atoms with Crippen molar-refractivity contribution in [1.82, 2.24) is 5.32 Å². The molecule has 10 nitrogen and oxygen atoms in total. The first-order chi connectivity index (χ1) is 13.8. The van der Waals surface area contributed by atoms with E-state index in [1.165, 1.54) is 19.2 Å². The highest BCUT2D eigenvalue weighted by Crippen LogP contribution is 2.24. The number of aryl methyl sites for hydroxylation is 1. The van der Waals surface area contributed by atoms with Crippen LogP contribution >= 0.6 is 0 Å². The lowest BCUT2D eigenvalue weighted by Gasteiger charge is -2.42. The fourth-order valence-corrected chi connectivity index (χ4v) is 3.72. The van der Waals surface area contributed by atoms with E-state index < -0.39 is 59.1 Å². The maximum atomic E-state index is 12.3. The number of alkyl carbamates (subject to hydrolysis) is 1. The van der Waals surface area contributed by atoms with Crippen LogP contribution in [0, 0.1) is 6.92 Å². The first kappa shape index (κ1) is 24.5. The number of hydrogen-bond donors (Lipinski definition) is 3. The fourth-order valence-electron chi connectivity index (χ4n) is 2.80. The minimum atomic E-state index is -4.10. The van der Waals surface area contributed by atoms with Crippen LogP contribution < -0.4 is 5.32 Å². The Morgan fingerprint density at radius 1 is 1.17 bits per heavy atom. The summed E-state index contributed by atoms with van der Waals surface area (Å²) in [5.41, 5.74) is 0.112. The molecule has 1 aromatic rings.